The zero-order valence-corrected chi connectivity index (χ0v) is 19.2. The largest absolute Gasteiger partial charge is 0.378 e. The predicted octanol–water partition coefficient (Wildman–Crippen LogP) is 3.08. The minimum Gasteiger partial charge on any atom is -0.378 e. The molecule has 4 rings (SSSR count). The highest BCUT2D eigenvalue weighted by Crippen LogP contribution is 2.19. The summed E-state index contributed by atoms with van der Waals surface area (Å²) >= 11 is 11.5. The van der Waals surface area contributed by atoms with E-state index >= 15 is 0 Å². The van der Waals surface area contributed by atoms with Crippen molar-refractivity contribution in [1.82, 2.24) is 24.5 Å². The van der Waals surface area contributed by atoms with Gasteiger partial charge in [-0.25, -0.2) is 0 Å². The Bertz CT molecular complexity index is 1110. The molecule has 0 spiro atoms. The maximum Gasteiger partial charge on any atom is 0.274 e. The Balaban J connectivity index is 1.42. The van der Waals surface area contributed by atoms with Crippen LogP contribution >= 0.6 is 23.8 Å². The quantitative estimate of drug-likeness (QED) is 0.532. The summed E-state index contributed by atoms with van der Waals surface area (Å²) in [6.07, 6.45) is 5.16. The molecule has 9 nitrogen and oxygen atoms in total. The van der Waals surface area contributed by atoms with Crippen molar-refractivity contribution in [3.63, 3.8) is 0 Å². The maximum atomic E-state index is 13.1. The van der Waals surface area contributed by atoms with E-state index in [1.165, 1.54) is 0 Å². The van der Waals surface area contributed by atoms with Gasteiger partial charge in [-0.05, 0) is 36.8 Å². The summed E-state index contributed by atoms with van der Waals surface area (Å²) < 4.78 is 8.82. The fraction of sp³-hybridized carbons (Fsp3) is 0.333. The van der Waals surface area contributed by atoms with Gasteiger partial charge in [-0.3, -0.25) is 14.2 Å². The van der Waals surface area contributed by atoms with E-state index in [0.717, 1.165) is 11.3 Å². The van der Waals surface area contributed by atoms with Crippen LogP contribution in [0.1, 0.15) is 23.0 Å². The molecule has 2 N–H and O–H groups in total. The van der Waals surface area contributed by atoms with Gasteiger partial charge in [0.2, 0.25) is 0 Å². The highest BCUT2D eigenvalue weighted by molar-refractivity contribution is 7.80. The Morgan fingerprint density at radius 2 is 2.03 bits per heavy atom. The van der Waals surface area contributed by atoms with Crippen LogP contribution in [0.2, 0.25) is 5.02 Å². The Labute approximate surface area is 196 Å². The molecule has 3 aromatic rings. The second-order valence-corrected chi connectivity index (χ2v) is 8.11. The lowest BCUT2D eigenvalue weighted by Crippen LogP contribution is -2.41. The number of carbonyl (C=O) groups is 1. The number of aryl methyl sites for hydroxylation is 1. The first kappa shape index (κ1) is 22.3. The molecular weight excluding hydrogens is 450 g/mol. The lowest BCUT2D eigenvalue weighted by molar-refractivity contribution is 0.0295. The van der Waals surface area contributed by atoms with Crippen molar-refractivity contribution in [2.45, 2.75) is 20.0 Å². The summed E-state index contributed by atoms with van der Waals surface area (Å²) in [5.74, 6) is -0.0905. The first-order chi connectivity index (χ1) is 15.5. The van der Waals surface area contributed by atoms with E-state index in [1.807, 2.05) is 37.4 Å². The first-order valence-corrected chi connectivity index (χ1v) is 11.1. The molecule has 168 valence electrons. The number of benzene rings is 1. The van der Waals surface area contributed by atoms with Crippen LogP contribution in [-0.4, -0.2) is 61.8 Å². The second kappa shape index (κ2) is 10.1. The van der Waals surface area contributed by atoms with E-state index < -0.39 is 0 Å². The van der Waals surface area contributed by atoms with Gasteiger partial charge in [-0.1, -0.05) is 23.7 Å². The lowest BCUT2D eigenvalue weighted by Gasteiger charge is -2.27. The molecule has 3 heterocycles. The third-order valence-corrected chi connectivity index (χ3v) is 5.45. The number of amides is 1. The maximum absolute atomic E-state index is 13.1. The third kappa shape index (κ3) is 5.26. The van der Waals surface area contributed by atoms with Gasteiger partial charge < -0.3 is 20.3 Å². The average Bonchev–Trinajstić information content (AvgIpc) is 3.40. The van der Waals surface area contributed by atoms with E-state index in [9.17, 15) is 4.79 Å². The standard InChI is InChI=1S/C21H24ClN7O2S/c1-2-29-19(20(30)27-6-8-31-9-7-27)18(12-24-29)26-21(32)25-17-11-23-28(14-17)13-15-4-3-5-16(22)10-15/h3-5,10-12,14H,2,6-9,13H2,1H3,(H2,25,26,32). The Morgan fingerprint density at radius 1 is 1.22 bits per heavy atom. The number of carbonyl (C=O) groups excluding carboxylic acids is 1. The number of thiocarbonyl (C=S) groups is 1. The van der Waals surface area contributed by atoms with Crippen molar-refractivity contribution in [3.05, 3.63) is 59.1 Å². The fourth-order valence-corrected chi connectivity index (χ4v) is 3.92. The molecule has 32 heavy (non-hydrogen) atoms. The minimum atomic E-state index is -0.0905. The monoisotopic (exact) mass is 473 g/mol. The SMILES string of the molecule is CCn1ncc(NC(=S)Nc2cnn(Cc3cccc(Cl)c3)c2)c1C(=O)N1CCOCC1. The number of ether oxygens (including phenoxy) is 1. The van der Waals surface area contributed by atoms with Gasteiger partial charge in [0, 0.05) is 30.9 Å². The van der Waals surface area contributed by atoms with Crippen LogP contribution in [0.3, 0.4) is 0 Å². The van der Waals surface area contributed by atoms with E-state index in [0.29, 0.717) is 60.9 Å². The number of nitrogens with one attached hydrogen (secondary N) is 2. The smallest absolute Gasteiger partial charge is 0.274 e. The Kier molecular flexibility index (Phi) is 7.03. The minimum absolute atomic E-state index is 0.0905. The zero-order chi connectivity index (χ0) is 22.5. The van der Waals surface area contributed by atoms with Gasteiger partial charge in [0.25, 0.3) is 5.91 Å². The molecule has 1 aliphatic rings. The molecule has 11 heteroatoms. The van der Waals surface area contributed by atoms with Crippen molar-refractivity contribution in [3.8, 4) is 0 Å². The van der Waals surface area contributed by atoms with Crippen LogP contribution in [0.15, 0.2) is 42.9 Å². The number of aromatic nitrogens is 4. The lowest BCUT2D eigenvalue weighted by atomic mass is 10.2. The van der Waals surface area contributed by atoms with E-state index in [-0.39, 0.29) is 5.91 Å². The summed E-state index contributed by atoms with van der Waals surface area (Å²) in [5, 5.41) is 15.9. The first-order valence-electron chi connectivity index (χ1n) is 10.3. The predicted molar refractivity (Wildman–Crippen MR) is 127 cm³/mol. The molecule has 0 radical (unpaired) electrons. The number of nitrogens with zero attached hydrogens (tertiary/aromatic N) is 5. The number of rotatable bonds is 6. The van der Waals surface area contributed by atoms with Crippen LogP contribution in [0.5, 0.6) is 0 Å². The third-order valence-electron chi connectivity index (χ3n) is 5.01. The molecule has 0 bridgehead atoms. The van der Waals surface area contributed by atoms with E-state index in [4.69, 9.17) is 28.6 Å². The molecule has 0 saturated carbocycles. The average molecular weight is 474 g/mol. The normalized spacial score (nSPS) is 13.8. The number of hydrogen-bond acceptors (Lipinski definition) is 5. The van der Waals surface area contributed by atoms with Crippen LogP contribution in [0.25, 0.3) is 0 Å². The highest BCUT2D eigenvalue weighted by Gasteiger charge is 2.25. The summed E-state index contributed by atoms with van der Waals surface area (Å²) in [5.41, 5.74) is 2.82. The van der Waals surface area contributed by atoms with Crippen LogP contribution in [-0.2, 0) is 17.8 Å². The number of halogens is 1. The highest BCUT2D eigenvalue weighted by atomic mass is 35.5. The summed E-state index contributed by atoms with van der Waals surface area (Å²) in [6, 6.07) is 7.64. The number of hydrogen-bond donors (Lipinski definition) is 2. The molecule has 1 aromatic carbocycles. The molecule has 1 fully saturated rings. The Morgan fingerprint density at radius 3 is 2.78 bits per heavy atom. The Hall–Kier alpha value is -2.95. The van der Waals surface area contributed by atoms with E-state index in [1.54, 1.807) is 26.7 Å². The van der Waals surface area contributed by atoms with Crippen molar-refractivity contribution < 1.29 is 9.53 Å². The number of morpholine rings is 1. The van der Waals surface area contributed by atoms with Gasteiger partial charge in [-0.15, -0.1) is 0 Å². The molecule has 1 aliphatic heterocycles. The van der Waals surface area contributed by atoms with Gasteiger partial charge in [0.1, 0.15) is 5.69 Å². The zero-order valence-electron chi connectivity index (χ0n) is 17.6. The van der Waals surface area contributed by atoms with Gasteiger partial charge in [0.15, 0.2) is 5.11 Å². The molecule has 0 atom stereocenters. The molecule has 0 aliphatic carbocycles. The van der Waals surface area contributed by atoms with Crippen molar-refractivity contribution >= 4 is 46.2 Å². The topological polar surface area (TPSA) is 89.2 Å². The van der Waals surface area contributed by atoms with Gasteiger partial charge in [-0.2, -0.15) is 10.2 Å². The van der Waals surface area contributed by atoms with Crippen molar-refractivity contribution in [2.24, 2.45) is 0 Å². The van der Waals surface area contributed by atoms with Crippen LogP contribution in [0, 0.1) is 0 Å². The summed E-state index contributed by atoms with van der Waals surface area (Å²) in [6.45, 7) is 5.29. The summed E-state index contributed by atoms with van der Waals surface area (Å²) in [4.78, 5) is 14.9. The van der Waals surface area contributed by atoms with Crippen LogP contribution < -0.4 is 10.6 Å². The second-order valence-electron chi connectivity index (χ2n) is 7.26. The van der Waals surface area contributed by atoms with Crippen molar-refractivity contribution in [1.29, 1.82) is 0 Å². The van der Waals surface area contributed by atoms with Gasteiger partial charge >= 0.3 is 0 Å². The molecule has 2 aromatic heterocycles. The van der Waals surface area contributed by atoms with Crippen LogP contribution in [0.4, 0.5) is 11.4 Å². The van der Waals surface area contributed by atoms with Gasteiger partial charge in [0.05, 0.1) is 43.5 Å². The number of anilines is 2. The fourth-order valence-electron chi connectivity index (χ4n) is 3.48. The molecule has 0 unspecified atom stereocenters. The summed E-state index contributed by atoms with van der Waals surface area (Å²) in [7, 11) is 0. The van der Waals surface area contributed by atoms with E-state index in [2.05, 4.69) is 20.8 Å². The molecule has 1 amide bonds. The molecule has 1 saturated heterocycles. The van der Waals surface area contributed by atoms with Crippen molar-refractivity contribution in [2.75, 3.05) is 36.9 Å². The molecular formula is C21H24ClN7O2S.